The van der Waals surface area contributed by atoms with Crippen LogP contribution in [0.5, 0.6) is 0 Å². The van der Waals surface area contributed by atoms with E-state index in [0.29, 0.717) is 11.7 Å². The number of hydrogen-bond donors (Lipinski definition) is 1. The van der Waals surface area contributed by atoms with Gasteiger partial charge in [0, 0.05) is 25.8 Å². The third-order valence-electron chi connectivity index (χ3n) is 2.56. The molecule has 1 aliphatic rings. The standard InChI is InChI=1S/C10H20N4/c1-5-10(8(2)11)12-14(4)9-6-13(3)7-9/h9H,2,5-7,11H2,1,3-4H3/b12-10-. The zero-order valence-electron chi connectivity index (χ0n) is 9.32. The molecule has 0 spiro atoms. The molecule has 1 fully saturated rings. The maximum atomic E-state index is 5.62. The second-order valence-corrected chi connectivity index (χ2v) is 3.87. The smallest absolute Gasteiger partial charge is 0.0825 e. The van der Waals surface area contributed by atoms with Crippen molar-refractivity contribution in [2.75, 3.05) is 27.2 Å². The Morgan fingerprint density at radius 1 is 1.64 bits per heavy atom. The highest BCUT2D eigenvalue weighted by Crippen LogP contribution is 2.11. The Kier molecular flexibility index (Phi) is 3.52. The van der Waals surface area contributed by atoms with Crippen molar-refractivity contribution in [2.45, 2.75) is 19.4 Å². The Hall–Kier alpha value is -1.03. The summed E-state index contributed by atoms with van der Waals surface area (Å²) in [6.07, 6.45) is 0.836. The molecule has 80 valence electrons. The number of nitrogens with zero attached hydrogens (tertiary/aromatic N) is 3. The molecule has 2 N–H and O–H groups in total. The molecule has 1 heterocycles. The molecule has 0 atom stereocenters. The third kappa shape index (κ3) is 2.48. The largest absolute Gasteiger partial charge is 0.398 e. The van der Waals surface area contributed by atoms with Crippen molar-refractivity contribution in [1.29, 1.82) is 0 Å². The molecule has 0 aromatic carbocycles. The number of rotatable bonds is 4. The van der Waals surface area contributed by atoms with Crippen LogP contribution in [0.15, 0.2) is 17.4 Å². The second kappa shape index (κ2) is 4.46. The van der Waals surface area contributed by atoms with Gasteiger partial charge in [-0.15, -0.1) is 0 Å². The monoisotopic (exact) mass is 196 g/mol. The molecule has 0 bridgehead atoms. The molecular weight excluding hydrogens is 176 g/mol. The first-order chi connectivity index (χ1) is 6.54. The van der Waals surface area contributed by atoms with Gasteiger partial charge in [-0.25, -0.2) is 0 Å². The maximum absolute atomic E-state index is 5.62. The van der Waals surface area contributed by atoms with Gasteiger partial charge in [0.2, 0.25) is 0 Å². The number of hydrogen-bond acceptors (Lipinski definition) is 4. The van der Waals surface area contributed by atoms with Crippen LogP contribution in [-0.4, -0.2) is 48.8 Å². The molecule has 14 heavy (non-hydrogen) atoms. The van der Waals surface area contributed by atoms with E-state index >= 15 is 0 Å². The van der Waals surface area contributed by atoms with Crippen molar-refractivity contribution in [3.8, 4) is 0 Å². The lowest BCUT2D eigenvalue weighted by Gasteiger charge is -2.40. The average molecular weight is 196 g/mol. The van der Waals surface area contributed by atoms with Crippen LogP contribution >= 0.6 is 0 Å². The van der Waals surface area contributed by atoms with Gasteiger partial charge >= 0.3 is 0 Å². The minimum Gasteiger partial charge on any atom is -0.398 e. The summed E-state index contributed by atoms with van der Waals surface area (Å²) >= 11 is 0. The Balaban J connectivity index is 2.52. The number of likely N-dealkylation sites (N-methyl/N-ethyl adjacent to an activating group) is 2. The van der Waals surface area contributed by atoms with Crippen molar-refractivity contribution >= 4 is 5.71 Å². The zero-order valence-corrected chi connectivity index (χ0v) is 9.32. The van der Waals surface area contributed by atoms with Crippen molar-refractivity contribution in [2.24, 2.45) is 10.8 Å². The lowest BCUT2D eigenvalue weighted by Crippen LogP contribution is -2.55. The third-order valence-corrected chi connectivity index (χ3v) is 2.56. The van der Waals surface area contributed by atoms with E-state index in [-0.39, 0.29) is 0 Å². The highest BCUT2D eigenvalue weighted by atomic mass is 15.5. The second-order valence-electron chi connectivity index (χ2n) is 3.87. The highest BCUT2D eigenvalue weighted by molar-refractivity contribution is 5.98. The number of nitrogens with two attached hydrogens (primary N) is 1. The molecule has 1 saturated heterocycles. The number of likely N-dealkylation sites (tertiary alicyclic amines) is 1. The van der Waals surface area contributed by atoms with E-state index in [2.05, 4.69) is 23.6 Å². The SMILES string of the molecule is C=C(N)/C(CC)=N\N(C)C1CN(C)C1. The summed E-state index contributed by atoms with van der Waals surface area (Å²) in [6.45, 7) is 7.90. The van der Waals surface area contributed by atoms with Crippen LogP contribution in [0, 0.1) is 0 Å². The van der Waals surface area contributed by atoms with Crippen LogP contribution in [0.2, 0.25) is 0 Å². The van der Waals surface area contributed by atoms with Crippen molar-refractivity contribution < 1.29 is 0 Å². The van der Waals surface area contributed by atoms with Crippen LogP contribution in [0.4, 0.5) is 0 Å². The van der Waals surface area contributed by atoms with Gasteiger partial charge < -0.3 is 10.6 Å². The average Bonchev–Trinajstić information content (AvgIpc) is 2.08. The quantitative estimate of drug-likeness (QED) is 0.525. The Morgan fingerprint density at radius 3 is 2.57 bits per heavy atom. The molecule has 1 rings (SSSR count). The molecule has 0 unspecified atom stereocenters. The number of allylic oxidation sites excluding steroid dienone is 1. The zero-order chi connectivity index (χ0) is 10.7. The van der Waals surface area contributed by atoms with E-state index in [1.165, 1.54) is 0 Å². The topological polar surface area (TPSA) is 44.9 Å². The summed E-state index contributed by atoms with van der Waals surface area (Å²) in [4.78, 5) is 2.26. The summed E-state index contributed by atoms with van der Waals surface area (Å²) in [5.41, 5.74) is 7.09. The lowest BCUT2D eigenvalue weighted by molar-refractivity contribution is 0.0728. The summed E-state index contributed by atoms with van der Waals surface area (Å²) in [5, 5.41) is 6.45. The molecule has 0 aromatic heterocycles. The van der Waals surface area contributed by atoms with Gasteiger partial charge in [-0.1, -0.05) is 13.5 Å². The molecule has 0 saturated carbocycles. The molecule has 1 aliphatic heterocycles. The van der Waals surface area contributed by atoms with E-state index in [9.17, 15) is 0 Å². The Bertz CT molecular complexity index is 241. The fraction of sp³-hybridized carbons (Fsp3) is 0.700. The van der Waals surface area contributed by atoms with Crippen LogP contribution in [-0.2, 0) is 0 Å². The number of hydrazone groups is 1. The summed E-state index contributed by atoms with van der Waals surface area (Å²) in [5.74, 6) is 0. The summed E-state index contributed by atoms with van der Waals surface area (Å²) in [7, 11) is 4.10. The van der Waals surface area contributed by atoms with Gasteiger partial charge in [0.1, 0.15) is 0 Å². The Labute approximate surface area is 86.1 Å². The first-order valence-corrected chi connectivity index (χ1v) is 4.98. The molecule has 0 radical (unpaired) electrons. The van der Waals surface area contributed by atoms with Gasteiger partial charge in [-0.2, -0.15) is 5.10 Å². The van der Waals surface area contributed by atoms with Crippen molar-refractivity contribution in [3.05, 3.63) is 12.3 Å². The van der Waals surface area contributed by atoms with E-state index < -0.39 is 0 Å². The van der Waals surface area contributed by atoms with Crippen LogP contribution < -0.4 is 5.73 Å². The van der Waals surface area contributed by atoms with E-state index in [0.717, 1.165) is 25.2 Å². The van der Waals surface area contributed by atoms with Crippen LogP contribution in [0.3, 0.4) is 0 Å². The van der Waals surface area contributed by atoms with E-state index in [1.807, 2.05) is 19.0 Å². The van der Waals surface area contributed by atoms with Gasteiger partial charge in [-0.3, -0.25) is 5.01 Å². The molecule has 4 heteroatoms. The summed E-state index contributed by atoms with van der Waals surface area (Å²) < 4.78 is 0. The van der Waals surface area contributed by atoms with E-state index in [1.54, 1.807) is 0 Å². The minimum atomic E-state index is 0.529. The molecule has 0 aliphatic carbocycles. The molecule has 4 nitrogen and oxygen atoms in total. The fourth-order valence-corrected chi connectivity index (χ4v) is 1.54. The molecule has 0 aromatic rings. The summed E-state index contributed by atoms with van der Waals surface area (Å²) in [6, 6.07) is 0.529. The van der Waals surface area contributed by atoms with Crippen LogP contribution in [0.25, 0.3) is 0 Å². The predicted octanol–water partition coefficient (Wildman–Crippen LogP) is 0.471. The fourth-order valence-electron chi connectivity index (χ4n) is 1.54. The molecular formula is C10H20N4. The van der Waals surface area contributed by atoms with Crippen molar-refractivity contribution in [3.63, 3.8) is 0 Å². The van der Waals surface area contributed by atoms with E-state index in [4.69, 9.17) is 5.73 Å². The molecule has 0 amide bonds. The van der Waals surface area contributed by atoms with Crippen LogP contribution in [0.1, 0.15) is 13.3 Å². The Morgan fingerprint density at radius 2 is 2.21 bits per heavy atom. The van der Waals surface area contributed by atoms with Gasteiger partial charge in [0.25, 0.3) is 0 Å². The first kappa shape index (κ1) is 11.0. The van der Waals surface area contributed by atoms with Crippen molar-refractivity contribution in [1.82, 2.24) is 9.91 Å². The van der Waals surface area contributed by atoms with Gasteiger partial charge in [-0.05, 0) is 13.5 Å². The predicted molar refractivity (Wildman–Crippen MR) is 60.1 cm³/mol. The van der Waals surface area contributed by atoms with Gasteiger partial charge in [0.15, 0.2) is 0 Å². The minimum absolute atomic E-state index is 0.529. The highest BCUT2D eigenvalue weighted by Gasteiger charge is 2.26. The first-order valence-electron chi connectivity index (χ1n) is 4.98. The lowest BCUT2D eigenvalue weighted by atomic mass is 10.1. The maximum Gasteiger partial charge on any atom is 0.0825 e. The van der Waals surface area contributed by atoms with Gasteiger partial charge in [0.05, 0.1) is 11.8 Å². The normalized spacial score (nSPS) is 19.2.